The smallest absolute Gasteiger partial charge is 0.151 e. The summed E-state index contributed by atoms with van der Waals surface area (Å²) in [5, 5.41) is 11.0. The molecule has 3 N–H and O–H groups in total. The highest BCUT2D eigenvalue weighted by molar-refractivity contribution is 7.91. The minimum Gasteiger partial charge on any atom is -0.389 e. The molecule has 5 heteroatoms. The summed E-state index contributed by atoms with van der Waals surface area (Å²) in [6.07, 6.45) is 4.11. The topological polar surface area (TPSA) is 80.4 Å². The second-order valence-corrected chi connectivity index (χ2v) is 7.93. The molecule has 0 spiro atoms. The highest BCUT2D eigenvalue weighted by Crippen LogP contribution is 2.53. The zero-order chi connectivity index (χ0) is 12.7. The summed E-state index contributed by atoms with van der Waals surface area (Å²) >= 11 is 0. The van der Waals surface area contributed by atoms with E-state index in [0.29, 0.717) is 12.8 Å². The van der Waals surface area contributed by atoms with Crippen molar-refractivity contribution in [1.29, 1.82) is 0 Å². The predicted molar refractivity (Wildman–Crippen MR) is 67.3 cm³/mol. The summed E-state index contributed by atoms with van der Waals surface area (Å²) < 4.78 is 23.5. The molecule has 2 rings (SSSR count). The molecule has 1 aliphatic carbocycles. The van der Waals surface area contributed by atoms with Gasteiger partial charge in [-0.1, -0.05) is 19.8 Å². The molecule has 0 aromatic carbocycles. The van der Waals surface area contributed by atoms with E-state index in [4.69, 9.17) is 5.73 Å². The van der Waals surface area contributed by atoms with Gasteiger partial charge in [0, 0.05) is 12.0 Å². The minimum atomic E-state index is -3.01. The van der Waals surface area contributed by atoms with Crippen LogP contribution in [0.2, 0.25) is 0 Å². The largest absolute Gasteiger partial charge is 0.389 e. The van der Waals surface area contributed by atoms with Crippen LogP contribution in [-0.2, 0) is 9.84 Å². The first kappa shape index (κ1) is 13.3. The maximum Gasteiger partial charge on any atom is 0.151 e. The van der Waals surface area contributed by atoms with Crippen molar-refractivity contribution in [3.8, 4) is 0 Å². The van der Waals surface area contributed by atoms with Gasteiger partial charge in [0.25, 0.3) is 0 Å². The Balaban J connectivity index is 2.36. The van der Waals surface area contributed by atoms with E-state index < -0.39 is 20.9 Å². The van der Waals surface area contributed by atoms with E-state index in [0.717, 1.165) is 19.3 Å². The molecule has 100 valence electrons. The van der Waals surface area contributed by atoms with Crippen molar-refractivity contribution in [2.45, 2.75) is 44.6 Å². The Bertz CT molecular complexity index is 395. The first-order chi connectivity index (χ1) is 7.89. The van der Waals surface area contributed by atoms with E-state index in [1.165, 1.54) is 0 Å². The third-order valence-corrected chi connectivity index (χ3v) is 6.79. The third kappa shape index (κ3) is 1.92. The lowest BCUT2D eigenvalue weighted by Crippen LogP contribution is -2.55. The average Bonchev–Trinajstić information content (AvgIpc) is 2.81. The van der Waals surface area contributed by atoms with E-state index >= 15 is 0 Å². The second-order valence-electron chi connectivity index (χ2n) is 5.75. The summed E-state index contributed by atoms with van der Waals surface area (Å²) in [5.74, 6) is 0.464. The van der Waals surface area contributed by atoms with Crippen LogP contribution < -0.4 is 5.73 Å². The first-order valence-corrected chi connectivity index (χ1v) is 8.34. The Morgan fingerprint density at radius 3 is 2.59 bits per heavy atom. The standard InChI is InChI=1S/C12H23NO3S/c1-2-10-4-3-5-12(10,14)11(8-13)6-7-17(15,16)9-11/h10,14H,2-9,13H2,1H3. The Hall–Kier alpha value is -0.130. The van der Waals surface area contributed by atoms with Gasteiger partial charge in [0.1, 0.15) is 0 Å². The maximum absolute atomic E-state index is 11.7. The van der Waals surface area contributed by atoms with Crippen LogP contribution in [-0.4, -0.2) is 37.2 Å². The van der Waals surface area contributed by atoms with Gasteiger partial charge >= 0.3 is 0 Å². The average molecular weight is 261 g/mol. The number of sulfone groups is 1. The zero-order valence-corrected chi connectivity index (χ0v) is 11.3. The molecule has 0 bridgehead atoms. The molecular formula is C12H23NO3S. The summed E-state index contributed by atoms with van der Waals surface area (Å²) in [4.78, 5) is 0. The highest BCUT2D eigenvalue weighted by atomic mass is 32.2. The molecule has 0 aromatic rings. The third-order valence-electron chi connectivity index (χ3n) is 4.98. The van der Waals surface area contributed by atoms with Crippen molar-refractivity contribution in [2.75, 3.05) is 18.1 Å². The summed E-state index contributed by atoms with van der Waals surface area (Å²) in [7, 11) is -3.01. The monoisotopic (exact) mass is 261 g/mol. The number of nitrogens with two attached hydrogens (primary N) is 1. The molecule has 1 aliphatic heterocycles. The van der Waals surface area contributed by atoms with E-state index in [-0.39, 0.29) is 24.0 Å². The number of hydrogen-bond donors (Lipinski definition) is 2. The Morgan fingerprint density at radius 2 is 2.12 bits per heavy atom. The number of hydrogen-bond acceptors (Lipinski definition) is 4. The first-order valence-electron chi connectivity index (χ1n) is 6.52. The van der Waals surface area contributed by atoms with Gasteiger partial charge in [-0.05, 0) is 25.2 Å². The van der Waals surface area contributed by atoms with Crippen LogP contribution in [0.15, 0.2) is 0 Å². The summed E-state index contributed by atoms with van der Waals surface area (Å²) in [5.41, 5.74) is 4.39. The van der Waals surface area contributed by atoms with E-state index in [2.05, 4.69) is 6.92 Å². The number of rotatable bonds is 3. The quantitative estimate of drug-likeness (QED) is 0.783. The summed E-state index contributed by atoms with van der Waals surface area (Å²) in [6, 6.07) is 0. The molecule has 17 heavy (non-hydrogen) atoms. The molecule has 2 fully saturated rings. The molecule has 1 heterocycles. The molecule has 4 nitrogen and oxygen atoms in total. The molecule has 0 radical (unpaired) electrons. The lowest BCUT2D eigenvalue weighted by atomic mass is 9.65. The zero-order valence-electron chi connectivity index (χ0n) is 10.5. The van der Waals surface area contributed by atoms with Gasteiger partial charge in [0.15, 0.2) is 9.84 Å². The molecule has 3 atom stereocenters. The highest BCUT2D eigenvalue weighted by Gasteiger charge is 2.59. The molecule has 1 saturated carbocycles. The molecule has 2 aliphatic rings. The van der Waals surface area contributed by atoms with Crippen LogP contribution in [0.4, 0.5) is 0 Å². The van der Waals surface area contributed by atoms with Gasteiger partial charge in [-0.15, -0.1) is 0 Å². The second kappa shape index (κ2) is 4.21. The minimum absolute atomic E-state index is 0.0729. The fraction of sp³-hybridized carbons (Fsp3) is 1.00. The van der Waals surface area contributed by atoms with Gasteiger partial charge in [-0.25, -0.2) is 8.42 Å². The van der Waals surface area contributed by atoms with Crippen molar-refractivity contribution in [3.05, 3.63) is 0 Å². The van der Waals surface area contributed by atoms with Gasteiger partial charge in [0.2, 0.25) is 0 Å². The lowest BCUT2D eigenvalue weighted by molar-refractivity contribution is -0.0977. The van der Waals surface area contributed by atoms with Crippen molar-refractivity contribution in [1.82, 2.24) is 0 Å². The normalized spacial score (nSPS) is 45.2. The molecule has 0 amide bonds. The van der Waals surface area contributed by atoms with E-state index in [1.807, 2.05) is 0 Å². The Labute approximate surface area is 104 Å². The van der Waals surface area contributed by atoms with E-state index in [1.54, 1.807) is 0 Å². The summed E-state index contributed by atoms with van der Waals surface area (Å²) in [6.45, 7) is 2.34. The van der Waals surface area contributed by atoms with Crippen LogP contribution in [0.25, 0.3) is 0 Å². The number of aliphatic hydroxyl groups is 1. The molecule has 3 unspecified atom stereocenters. The molecular weight excluding hydrogens is 238 g/mol. The van der Waals surface area contributed by atoms with Crippen molar-refractivity contribution in [2.24, 2.45) is 17.1 Å². The van der Waals surface area contributed by atoms with Crippen LogP contribution in [0.3, 0.4) is 0 Å². The maximum atomic E-state index is 11.7. The lowest BCUT2D eigenvalue weighted by Gasteiger charge is -2.45. The van der Waals surface area contributed by atoms with Crippen LogP contribution >= 0.6 is 0 Å². The molecule has 1 saturated heterocycles. The van der Waals surface area contributed by atoms with Gasteiger partial charge in [0.05, 0.1) is 17.1 Å². The predicted octanol–water partition coefficient (Wildman–Crippen LogP) is 0.691. The van der Waals surface area contributed by atoms with Gasteiger partial charge < -0.3 is 10.8 Å². The van der Waals surface area contributed by atoms with Crippen molar-refractivity contribution < 1.29 is 13.5 Å². The Kier molecular flexibility index (Phi) is 3.30. The van der Waals surface area contributed by atoms with Crippen molar-refractivity contribution in [3.63, 3.8) is 0 Å². The van der Waals surface area contributed by atoms with Crippen LogP contribution in [0.1, 0.15) is 39.0 Å². The SMILES string of the molecule is CCC1CCCC1(O)C1(CN)CCS(=O)(=O)C1. The van der Waals surface area contributed by atoms with Gasteiger partial charge in [-0.3, -0.25) is 0 Å². The van der Waals surface area contributed by atoms with Crippen LogP contribution in [0.5, 0.6) is 0 Å². The van der Waals surface area contributed by atoms with Crippen LogP contribution in [0, 0.1) is 11.3 Å². The fourth-order valence-electron chi connectivity index (χ4n) is 3.90. The Morgan fingerprint density at radius 1 is 1.41 bits per heavy atom. The molecule has 0 aromatic heterocycles. The fourth-order valence-corrected chi connectivity index (χ4v) is 6.10. The van der Waals surface area contributed by atoms with Crippen molar-refractivity contribution >= 4 is 9.84 Å². The van der Waals surface area contributed by atoms with E-state index in [9.17, 15) is 13.5 Å². The van der Waals surface area contributed by atoms with Gasteiger partial charge in [-0.2, -0.15) is 0 Å².